The van der Waals surface area contributed by atoms with E-state index in [1.54, 1.807) is 6.07 Å². The van der Waals surface area contributed by atoms with Gasteiger partial charge in [-0.25, -0.2) is 4.39 Å². The van der Waals surface area contributed by atoms with E-state index in [9.17, 15) is 14.0 Å². The Morgan fingerprint density at radius 2 is 2.29 bits per heavy atom. The number of fused-ring (bicyclic) bond motifs is 1. The lowest BCUT2D eigenvalue weighted by atomic mass is 9.90. The number of halogens is 1. The molecule has 108 valence electrons. The Kier molecular flexibility index (Phi) is 3.42. The highest BCUT2D eigenvalue weighted by Gasteiger charge is 2.31. The van der Waals surface area contributed by atoms with Crippen molar-refractivity contribution in [3.8, 4) is 0 Å². The first-order valence-corrected chi connectivity index (χ1v) is 7.14. The van der Waals surface area contributed by atoms with E-state index in [1.807, 2.05) is 6.92 Å². The number of anilines is 2. The van der Waals surface area contributed by atoms with Crippen molar-refractivity contribution in [3.63, 3.8) is 0 Å². The van der Waals surface area contributed by atoms with Gasteiger partial charge in [-0.1, -0.05) is 6.07 Å². The number of carbonyl (C=O) groups is 2. The Balaban J connectivity index is 1.88. The van der Waals surface area contributed by atoms with Crippen LogP contribution in [0.25, 0.3) is 0 Å². The van der Waals surface area contributed by atoms with Crippen molar-refractivity contribution in [2.24, 2.45) is 0 Å². The average Bonchev–Trinajstić information content (AvgIpc) is 2.82. The number of aromatic nitrogens is 1. The molecule has 0 bridgehead atoms. The smallest absolute Gasteiger partial charge is 0.233 e. The molecule has 0 saturated carbocycles. The molecule has 1 unspecified atom stereocenters. The molecular formula is C14H12FN3O2S. The van der Waals surface area contributed by atoms with Gasteiger partial charge in [0.15, 0.2) is 0 Å². The number of carbonyl (C=O) groups excluding carboxylic acids is 2. The second-order valence-electron chi connectivity index (χ2n) is 4.86. The molecule has 0 fully saturated rings. The molecular weight excluding hydrogens is 293 g/mol. The van der Waals surface area contributed by atoms with E-state index < -0.39 is 11.7 Å². The summed E-state index contributed by atoms with van der Waals surface area (Å²) in [6, 6.07) is 5.81. The van der Waals surface area contributed by atoms with Crippen molar-refractivity contribution in [2.45, 2.75) is 19.3 Å². The Morgan fingerprint density at radius 1 is 1.48 bits per heavy atom. The lowest BCUT2D eigenvalue weighted by Crippen LogP contribution is -2.30. The fraction of sp³-hybridized carbons (Fsp3) is 0.214. The van der Waals surface area contributed by atoms with Crippen LogP contribution in [0.3, 0.4) is 0 Å². The van der Waals surface area contributed by atoms with Crippen molar-refractivity contribution in [2.75, 3.05) is 10.6 Å². The summed E-state index contributed by atoms with van der Waals surface area (Å²) in [6.45, 7) is 1.83. The highest BCUT2D eigenvalue weighted by molar-refractivity contribution is 7.10. The summed E-state index contributed by atoms with van der Waals surface area (Å²) < 4.78 is 17.3. The Hall–Kier alpha value is -2.28. The maximum atomic E-state index is 13.2. The summed E-state index contributed by atoms with van der Waals surface area (Å²) in [5, 5.41) is 5.97. The topological polar surface area (TPSA) is 71.1 Å². The van der Waals surface area contributed by atoms with Crippen LogP contribution in [-0.2, 0) is 9.59 Å². The van der Waals surface area contributed by atoms with Gasteiger partial charge in [0.1, 0.15) is 10.8 Å². The zero-order valence-corrected chi connectivity index (χ0v) is 12.0. The summed E-state index contributed by atoms with van der Waals surface area (Å²) in [7, 11) is 0. The van der Waals surface area contributed by atoms with Crippen molar-refractivity contribution in [1.82, 2.24) is 4.37 Å². The third-order valence-corrected chi connectivity index (χ3v) is 4.04. The predicted octanol–water partition coefficient (Wildman–Crippen LogP) is 2.66. The first-order valence-electron chi connectivity index (χ1n) is 6.36. The molecule has 2 heterocycles. The number of nitrogens with one attached hydrogen (secondary N) is 2. The van der Waals surface area contributed by atoms with E-state index in [1.165, 1.54) is 29.7 Å². The third kappa shape index (κ3) is 2.78. The van der Waals surface area contributed by atoms with E-state index in [-0.39, 0.29) is 18.2 Å². The van der Waals surface area contributed by atoms with Crippen LogP contribution < -0.4 is 10.6 Å². The minimum Gasteiger partial charge on any atom is -0.326 e. The van der Waals surface area contributed by atoms with Crippen molar-refractivity contribution in [1.29, 1.82) is 0 Å². The van der Waals surface area contributed by atoms with Gasteiger partial charge in [-0.15, -0.1) is 0 Å². The maximum absolute atomic E-state index is 13.2. The van der Waals surface area contributed by atoms with E-state index >= 15 is 0 Å². The van der Waals surface area contributed by atoms with Gasteiger partial charge in [-0.2, -0.15) is 4.37 Å². The van der Waals surface area contributed by atoms with Crippen LogP contribution in [0.15, 0.2) is 24.3 Å². The summed E-state index contributed by atoms with van der Waals surface area (Å²) in [5.74, 6) is -1.67. The average molecular weight is 305 g/mol. The summed E-state index contributed by atoms with van der Waals surface area (Å²) >= 11 is 1.18. The second kappa shape index (κ2) is 5.25. The van der Waals surface area contributed by atoms with Crippen LogP contribution in [0, 0.1) is 12.7 Å². The number of amides is 2. The fourth-order valence-electron chi connectivity index (χ4n) is 2.30. The number of hydrogen-bond donors (Lipinski definition) is 2. The van der Waals surface area contributed by atoms with E-state index in [2.05, 4.69) is 15.0 Å². The predicted molar refractivity (Wildman–Crippen MR) is 77.9 cm³/mol. The molecule has 2 aromatic rings. The highest BCUT2D eigenvalue weighted by atomic mass is 32.1. The summed E-state index contributed by atoms with van der Waals surface area (Å²) in [4.78, 5) is 24.0. The molecule has 0 spiro atoms. The second-order valence-corrected chi connectivity index (χ2v) is 5.66. The van der Waals surface area contributed by atoms with Crippen LogP contribution in [0.4, 0.5) is 15.1 Å². The SMILES string of the molecule is Cc1cc(NC(=O)C2CC(=O)Nc3cc(F)ccc32)sn1. The molecule has 1 aliphatic heterocycles. The van der Waals surface area contributed by atoms with Crippen molar-refractivity contribution < 1.29 is 14.0 Å². The van der Waals surface area contributed by atoms with Crippen LogP contribution in [-0.4, -0.2) is 16.2 Å². The zero-order valence-electron chi connectivity index (χ0n) is 11.1. The van der Waals surface area contributed by atoms with Crippen LogP contribution in [0.1, 0.15) is 23.6 Å². The van der Waals surface area contributed by atoms with Crippen LogP contribution >= 0.6 is 11.5 Å². The Labute approximate surface area is 124 Å². The molecule has 1 aromatic heterocycles. The van der Waals surface area contributed by atoms with Gasteiger partial charge in [-0.3, -0.25) is 9.59 Å². The summed E-state index contributed by atoms with van der Waals surface area (Å²) in [5.41, 5.74) is 1.79. The van der Waals surface area contributed by atoms with E-state index in [0.29, 0.717) is 16.3 Å². The monoisotopic (exact) mass is 305 g/mol. The minimum absolute atomic E-state index is 0.0439. The lowest BCUT2D eigenvalue weighted by molar-refractivity contribution is -0.123. The molecule has 1 aromatic carbocycles. The Morgan fingerprint density at radius 3 is 3.00 bits per heavy atom. The normalized spacial score (nSPS) is 17.0. The lowest BCUT2D eigenvalue weighted by Gasteiger charge is -2.24. The zero-order chi connectivity index (χ0) is 15.0. The molecule has 0 saturated heterocycles. The Bertz CT molecular complexity index is 729. The number of rotatable bonds is 2. The number of aryl methyl sites for hydroxylation is 1. The van der Waals surface area contributed by atoms with Crippen LogP contribution in [0.5, 0.6) is 0 Å². The van der Waals surface area contributed by atoms with Gasteiger partial charge in [0.2, 0.25) is 11.8 Å². The van der Waals surface area contributed by atoms with Gasteiger partial charge < -0.3 is 10.6 Å². The molecule has 7 heteroatoms. The number of benzene rings is 1. The van der Waals surface area contributed by atoms with Crippen molar-refractivity contribution in [3.05, 3.63) is 41.3 Å². The standard InChI is InChI=1S/C14H12FN3O2S/c1-7-4-13(21-18-7)17-14(20)10-6-12(19)16-11-5-8(15)2-3-9(10)11/h2-5,10H,6H2,1H3,(H,16,19)(H,17,20). The minimum atomic E-state index is -0.628. The quantitative estimate of drug-likeness (QED) is 0.896. The van der Waals surface area contributed by atoms with Gasteiger partial charge in [-0.05, 0) is 42.2 Å². The number of hydrogen-bond acceptors (Lipinski definition) is 4. The molecule has 5 nitrogen and oxygen atoms in total. The van der Waals surface area contributed by atoms with Gasteiger partial charge in [0, 0.05) is 12.1 Å². The summed E-state index contributed by atoms with van der Waals surface area (Å²) in [6.07, 6.45) is 0.0439. The van der Waals surface area contributed by atoms with Gasteiger partial charge in [0.25, 0.3) is 0 Å². The molecule has 1 atom stereocenters. The van der Waals surface area contributed by atoms with E-state index in [4.69, 9.17) is 0 Å². The van der Waals surface area contributed by atoms with Gasteiger partial charge in [0.05, 0.1) is 11.6 Å². The molecule has 1 aliphatic rings. The van der Waals surface area contributed by atoms with E-state index in [0.717, 1.165) is 5.69 Å². The van der Waals surface area contributed by atoms with Crippen molar-refractivity contribution >= 4 is 34.0 Å². The third-order valence-electron chi connectivity index (χ3n) is 3.25. The molecule has 2 amide bonds. The molecule has 2 N–H and O–H groups in total. The molecule has 0 radical (unpaired) electrons. The fourth-order valence-corrected chi connectivity index (χ4v) is 2.97. The first-order chi connectivity index (χ1) is 10.0. The maximum Gasteiger partial charge on any atom is 0.233 e. The highest BCUT2D eigenvalue weighted by Crippen LogP contribution is 2.33. The molecule has 0 aliphatic carbocycles. The van der Waals surface area contributed by atoms with Crippen LogP contribution in [0.2, 0.25) is 0 Å². The van der Waals surface area contributed by atoms with Gasteiger partial charge >= 0.3 is 0 Å². The molecule has 21 heavy (non-hydrogen) atoms. The number of nitrogens with zero attached hydrogens (tertiary/aromatic N) is 1. The molecule has 3 rings (SSSR count). The first kappa shape index (κ1) is 13.7. The largest absolute Gasteiger partial charge is 0.326 e.